The minimum Gasteiger partial charge on any atom is -0.508 e. The molecule has 1 aliphatic rings. The van der Waals surface area contributed by atoms with Gasteiger partial charge in [0.2, 0.25) is 5.95 Å². The number of thioether (sulfide) groups is 1. The number of benzene rings is 1. The van der Waals surface area contributed by atoms with E-state index in [2.05, 4.69) is 15.6 Å². The summed E-state index contributed by atoms with van der Waals surface area (Å²) in [6, 6.07) is 11.0. The van der Waals surface area contributed by atoms with Crippen molar-refractivity contribution in [2.24, 2.45) is 0 Å². The fourth-order valence-electron chi connectivity index (χ4n) is 3.84. The summed E-state index contributed by atoms with van der Waals surface area (Å²) < 4.78 is 1.92. The Balaban J connectivity index is 1.53. The molecule has 0 radical (unpaired) electrons. The van der Waals surface area contributed by atoms with Gasteiger partial charge in [-0.2, -0.15) is 9.97 Å². The lowest BCUT2D eigenvalue weighted by molar-refractivity contribution is 0.0316. The average molecular weight is 485 g/mol. The van der Waals surface area contributed by atoms with Crippen molar-refractivity contribution in [2.45, 2.75) is 24.0 Å². The molecule has 172 valence electrons. The van der Waals surface area contributed by atoms with Crippen molar-refractivity contribution >= 4 is 46.0 Å². The van der Waals surface area contributed by atoms with Crippen LogP contribution in [0.1, 0.15) is 10.9 Å². The summed E-state index contributed by atoms with van der Waals surface area (Å²) in [6.45, 7) is 0.602. The number of aliphatic hydroxyl groups is 2. The van der Waals surface area contributed by atoms with E-state index in [0.29, 0.717) is 41.1 Å². The van der Waals surface area contributed by atoms with Gasteiger partial charge in [0.1, 0.15) is 17.2 Å². The number of anilines is 2. The number of imidazole rings is 1. The number of aliphatic hydroxyl groups excluding tert-OH is 2. The molecule has 33 heavy (non-hydrogen) atoms. The first-order valence-corrected chi connectivity index (χ1v) is 12.5. The third-order valence-corrected chi connectivity index (χ3v) is 7.76. The molecule has 11 heteroatoms. The second-order valence-electron chi connectivity index (χ2n) is 7.73. The van der Waals surface area contributed by atoms with Crippen molar-refractivity contribution in [1.29, 1.82) is 0 Å². The topological polar surface area (TPSA) is 128 Å². The van der Waals surface area contributed by atoms with Crippen LogP contribution >= 0.6 is 23.1 Å². The molecule has 1 fully saturated rings. The van der Waals surface area contributed by atoms with Gasteiger partial charge in [-0.15, -0.1) is 23.1 Å². The molecule has 4 heterocycles. The Morgan fingerprint density at radius 1 is 1.12 bits per heavy atom. The van der Waals surface area contributed by atoms with Crippen molar-refractivity contribution in [3.05, 3.63) is 47.3 Å². The van der Waals surface area contributed by atoms with Crippen molar-refractivity contribution in [3.63, 3.8) is 0 Å². The molecule has 0 saturated carbocycles. The summed E-state index contributed by atoms with van der Waals surface area (Å²) in [7, 11) is 1.79. The fourth-order valence-corrected chi connectivity index (χ4v) is 5.87. The molecule has 0 amide bonds. The lowest BCUT2D eigenvalue weighted by atomic mass is 10.1. The van der Waals surface area contributed by atoms with E-state index >= 15 is 0 Å². The molecule has 0 bridgehead atoms. The lowest BCUT2D eigenvalue weighted by Crippen LogP contribution is -2.28. The quantitative estimate of drug-likeness (QED) is 0.269. The normalized spacial score (nSPS) is 20.4. The molecule has 4 aromatic rings. The van der Waals surface area contributed by atoms with E-state index in [4.69, 9.17) is 9.97 Å². The molecule has 1 aromatic carbocycles. The van der Waals surface area contributed by atoms with Crippen LogP contribution in [-0.2, 0) is 6.42 Å². The number of rotatable bonds is 7. The van der Waals surface area contributed by atoms with Gasteiger partial charge in [-0.3, -0.25) is 4.57 Å². The zero-order valence-corrected chi connectivity index (χ0v) is 19.5. The summed E-state index contributed by atoms with van der Waals surface area (Å²) in [5.74, 6) is 2.41. The number of fused-ring (bicyclic) bond motifs is 1. The van der Waals surface area contributed by atoms with Gasteiger partial charge >= 0.3 is 0 Å². The molecule has 1 aliphatic heterocycles. The Hall–Kier alpha value is -2.86. The smallest absolute Gasteiger partial charge is 0.226 e. The van der Waals surface area contributed by atoms with E-state index < -0.39 is 17.6 Å². The van der Waals surface area contributed by atoms with Crippen molar-refractivity contribution in [2.75, 3.05) is 30.0 Å². The van der Waals surface area contributed by atoms with Crippen LogP contribution in [0.3, 0.4) is 0 Å². The summed E-state index contributed by atoms with van der Waals surface area (Å²) >= 11 is 3.04. The highest BCUT2D eigenvalue weighted by Gasteiger charge is 2.38. The van der Waals surface area contributed by atoms with Gasteiger partial charge in [-0.1, -0.05) is 18.2 Å². The number of aromatic hydroxyl groups is 1. The first-order chi connectivity index (χ1) is 16.0. The van der Waals surface area contributed by atoms with Gasteiger partial charge in [-0.05, 0) is 35.6 Å². The van der Waals surface area contributed by atoms with Crippen LogP contribution in [0.2, 0.25) is 0 Å². The fraction of sp³-hybridized carbons (Fsp3) is 0.318. The van der Waals surface area contributed by atoms with Crippen LogP contribution in [-0.4, -0.2) is 66.4 Å². The minimum atomic E-state index is -0.926. The van der Waals surface area contributed by atoms with Gasteiger partial charge < -0.3 is 26.0 Å². The van der Waals surface area contributed by atoms with Crippen LogP contribution in [0.15, 0.2) is 41.8 Å². The molecule has 0 unspecified atom stereocenters. The van der Waals surface area contributed by atoms with Gasteiger partial charge in [-0.25, -0.2) is 4.98 Å². The van der Waals surface area contributed by atoms with E-state index in [1.54, 1.807) is 30.5 Å². The SMILES string of the molecule is CNc1nc(NCCc2ccc(O)cc2)nc2c1nc(-c1cccs1)n2[C@@H]1SC[C@@H](O)[C@H]1O. The van der Waals surface area contributed by atoms with Gasteiger partial charge in [0.15, 0.2) is 22.8 Å². The number of aromatic nitrogens is 4. The largest absolute Gasteiger partial charge is 0.508 e. The van der Waals surface area contributed by atoms with E-state index in [-0.39, 0.29) is 5.75 Å². The second kappa shape index (κ2) is 9.18. The van der Waals surface area contributed by atoms with Gasteiger partial charge in [0, 0.05) is 19.3 Å². The van der Waals surface area contributed by atoms with E-state index in [1.165, 1.54) is 11.8 Å². The van der Waals surface area contributed by atoms with Crippen LogP contribution in [0.4, 0.5) is 11.8 Å². The predicted octanol–water partition coefficient (Wildman–Crippen LogP) is 2.92. The third kappa shape index (κ3) is 4.24. The highest BCUT2D eigenvalue weighted by atomic mass is 32.2. The van der Waals surface area contributed by atoms with E-state index in [1.807, 2.05) is 34.2 Å². The molecule has 5 rings (SSSR count). The first-order valence-electron chi connectivity index (χ1n) is 10.6. The molecule has 1 saturated heterocycles. The predicted molar refractivity (Wildman–Crippen MR) is 132 cm³/mol. The second-order valence-corrected chi connectivity index (χ2v) is 9.82. The summed E-state index contributed by atoms with van der Waals surface area (Å²) in [4.78, 5) is 15.1. The zero-order valence-electron chi connectivity index (χ0n) is 17.8. The van der Waals surface area contributed by atoms with Crippen molar-refractivity contribution < 1.29 is 15.3 Å². The Morgan fingerprint density at radius 3 is 2.61 bits per heavy atom. The van der Waals surface area contributed by atoms with Gasteiger partial charge in [0.25, 0.3) is 0 Å². The van der Waals surface area contributed by atoms with Crippen molar-refractivity contribution in [1.82, 2.24) is 19.5 Å². The van der Waals surface area contributed by atoms with Crippen LogP contribution < -0.4 is 10.6 Å². The summed E-state index contributed by atoms with van der Waals surface area (Å²) in [6.07, 6.45) is -0.994. The number of nitrogens with one attached hydrogen (secondary N) is 2. The number of hydrogen-bond acceptors (Lipinski definition) is 10. The monoisotopic (exact) mass is 484 g/mol. The molecule has 0 aliphatic carbocycles. The van der Waals surface area contributed by atoms with Crippen molar-refractivity contribution in [3.8, 4) is 16.5 Å². The van der Waals surface area contributed by atoms with E-state index in [9.17, 15) is 15.3 Å². The molecule has 3 aromatic heterocycles. The molecule has 0 spiro atoms. The highest BCUT2D eigenvalue weighted by Crippen LogP contribution is 2.42. The number of phenols is 1. The van der Waals surface area contributed by atoms with Crippen LogP contribution in [0, 0.1) is 0 Å². The highest BCUT2D eigenvalue weighted by molar-refractivity contribution is 7.99. The maximum atomic E-state index is 10.7. The number of phenolic OH excluding ortho intramolecular Hbond substituents is 1. The summed E-state index contributed by atoms with van der Waals surface area (Å²) in [5, 5.41) is 38.3. The molecule has 3 atom stereocenters. The molecule has 9 nitrogen and oxygen atoms in total. The maximum Gasteiger partial charge on any atom is 0.226 e. The van der Waals surface area contributed by atoms with Gasteiger partial charge in [0.05, 0.1) is 11.0 Å². The van der Waals surface area contributed by atoms with E-state index in [0.717, 1.165) is 16.9 Å². The third-order valence-electron chi connectivity index (χ3n) is 5.53. The minimum absolute atomic E-state index is 0.242. The number of nitrogens with zero attached hydrogens (tertiary/aromatic N) is 4. The first kappa shape index (κ1) is 22.0. The Kier molecular flexibility index (Phi) is 6.11. The molecular formula is C22H24N6O3S2. The standard InChI is InChI=1S/C22H24N6O3S2/c1-23-18-16-20(27-22(26-18)24-9-8-12-4-6-13(29)7-5-12)28(21-17(31)14(30)11-33-21)19(25-16)15-3-2-10-32-15/h2-7,10,14,17,21,29-31H,8-9,11H2,1H3,(H2,23,24,26,27)/t14-,17-,21-/m1/s1. The van der Waals surface area contributed by atoms with Crippen LogP contribution in [0.25, 0.3) is 21.9 Å². The number of thiophene rings is 1. The average Bonchev–Trinajstić information content (AvgIpc) is 3.55. The maximum absolute atomic E-state index is 10.7. The Bertz CT molecular complexity index is 1250. The Labute approximate surface area is 198 Å². The van der Waals surface area contributed by atoms with Crippen LogP contribution in [0.5, 0.6) is 5.75 Å². The summed E-state index contributed by atoms with van der Waals surface area (Å²) in [5.41, 5.74) is 2.29. The Morgan fingerprint density at radius 2 is 1.94 bits per heavy atom. The number of hydrogen-bond donors (Lipinski definition) is 5. The lowest BCUT2D eigenvalue weighted by Gasteiger charge is -2.19. The molecular weight excluding hydrogens is 460 g/mol. The molecule has 5 N–H and O–H groups in total. The zero-order chi connectivity index (χ0) is 22.9.